The molecular formula is C17H13NO3S. The zero-order valence-electron chi connectivity index (χ0n) is 11.6. The lowest BCUT2D eigenvalue weighted by molar-refractivity contribution is -0.121. The molecule has 1 atom stereocenters. The molecule has 1 heterocycles. The Kier molecular flexibility index (Phi) is 4.06. The first-order valence-electron chi connectivity index (χ1n) is 6.83. The van der Waals surface area contributed by atoms with Crippen molar-refractivity contribution >= 4 is 35.5 Å². The minimum atomic E-state index is -0.492. The summed E-state index contributed by atoms with van der Waals surface area (Å²) in [5.74, 6) is -0.445. The third-order valence-corrected chi connectivity index (χ3v) is 4.71. The summed E-state index contributed by atoms with van der Waals surface area (Å²) in [7, 11) is 0. The van der Waals surface area contributed by atoms with Crippen LogP contribution in [0.4, 0.5) is 5.69 Å². The van der Waals surface area contributed by atoms with Crippen LogP contribution in [0.3, 0.4) is 0 Å². The Morgan fingerprint density at radius 1 is 1.00 bits per heavy atom. The van der Waals surface area contributed by atoms with Crippen molar-refractivity contribution in [1.29, 1.82) is 0 Å². The minimum Gasteiger partial charge on any atom is -0.298 e. The number of anilines is 1. The van der Waals surface area contributed by atoms with Crippen molar-refractivity contribution in [2.75, 3.05) is 4.90 Å². The molecule has 1 fully saturated rings. The maximum atomic E-state index is 12.5. The van der Waals surface area contributed by atoms with Gasteiger partial charge in [-0.15, -0.1) is 11.8 Å². The van der Waals surface area contributed by atoms with E-state index in [0.29, 0.717) is 11.3 Å². The second kappa shape index (κ2) is 6.15. The van der Waals surface area contributed by atoms with Gasteiger partial charge in [0.2, 0.25) is 11.8 Å². The standard InChI is InChI=1S/C17H13NO3S/c19-11-12-6-4-5-9-14(12)22-15-10-16(20)18(17(15)21)13-7-2-1-3-8-13/h1-9,11,15H,10H2. The number of amides is 2. The second-order valence-electron chi connectivity index (χ2n) is 4.87. The highest BCUT2D eigenvalue weighted by molar-refractivity contribution is 8.00. The van der Waals surface area contributed by atoms with Crippen molar-refractivity contribution in [3.63, 3.8) is 0 Å². The normalized spacial score (nSPS) is 17.8. The van der Waals surface area contributed by atoms with Crippen LogP contribution >= 0.6 is 11.8 Å². The Morgan fingerprint density at radius 3 is 2.41 bits per heavy atom. The van der Waals surface area contributed by atoms with Gasteiger partial charge in [0.05, 0.1) is 10.9 Å². The van der Waals surface area contributed by atoms with Crippen LogP contribution in [0.15, 0.2) is 59.5 Å². The molecule has 5 heteroatoms. The van der Waals surface area contributed by atoms with Crippen LogP contribution in [0.5, 0.6) is 0 Å². The van der Waals surface area contributed by atoms with Gasteiger partial charge in [0.1, 0.15) is 0 Å². The van der Waals surface area contributed by atoms with Crippen LogP contribution in [0.1, 0.15) is 16.8 Å². The van der Waals surface area contributed by atoms with Crippen LogP contribution in [0.2, 0.25) is 0 Å². The first-order chi connectivity index (χ1) is 10.7. The van der Waals surface area contributed by atoms with Gasteiger partial charge in [0.15, 0.2) is 6.29 Å². The first-order valence-corrected chi connectivity index (χ1v) is 7.71. The second-order valence-corrected chi connectivity index (χ2v) is 6.11. The zero-order valence-corrected chi connectivity index (χ0v) is 12.5. The lowest BCUT2D eigenvalue weighted by Crippen LogP contribution is -2.31. The van der Waals surface area contributed by atoms with Gasteiger partial charge >= 0.3 is 0 Å². The predicted octanol–water partition coefficient (Wildman–Crippen LogP) is 2.92. The average molecular weight is 311 g/mol. The van der Waals surface area contributed by atoms with Crippen LogP contribution in [0.25, 0.3) is 0 Å². The Morgan fingerprint density at radius 2 is 1.68 bits per heavy atom. The fraction of sp³-hybridized carbons (Fsp3) is 0.118. The van der Waals surface area contributed by atoms with Crippen molar-refractivity contribution in [1.82, 2.24) is 0 Å². The van der Waals surface area contributed by atoms with Crippen LogP contribution in [0, 0.1) is 0 Å². The highest BCUT2D eigenvalue weighted by atomic mass is 32.2. The molecule has 1 aliphatic rings. The molecule has 0 aromatic heterocycles. The fourth-order valence-corrected chi connectivity index (χ4v) is 3.53. The maximum Gasteiger partial charge on any atom is 0.247 e. The molecule has 1 unspecified atom stereocenters. The quantitative estimate of drug-likeness (QED) is 0.643. The fourth-order valence-electron chi connectivity index (χ4n) is 2.38. The zero-order chi connectivity index (χ0) is 15.5. The molecular weight excluding hydrogens is 298 g/mol. The van der Waals surface area contributed by atoms with Crippen molar-refractivity contribution in [3.05, 3.63) is 60.2 Å². The summed E-state index contributed by atoms with van der Waals surface area (Å²) < 4.78 is 0. The van der Waals surface area contributed by atoms with E-state index in [2.05, 4.69) is 0 Å². The number of hydrogen-bond acceptors (Lipinski definition) is 4. The lowest BCUT2D eigenvalue weighted by Gasteiger charge is -2.15. The van der Waals surface area contributed by atoms with Gasteiger partial charge in [-0.05, 0) is 18.2 Å². The SMILES string of the molecule is O=Cc1ccccc1SC1CC(=O)N(c2ccccc2)C1=O. The summed E-state index contributed by atoms with van der Waals surface area (Å²) >= 11 is 1.27. The van der Waals surface area contributed by atoms with Crippen molar-refractivity contribution in [3.8, 4) is 0 Å². The predicted molar refractivity (Wildman–Crippen MR) is 85.0 cm³/mol. The number of para-hydroxylation sites is 1. The minimum absolute atomic E-state index is 0.144. The summed E-state index contributed by atoms with van der Waals surface area (Å²) in [6.07, 6.45) is 0.907. The topological polar surface area (TPSA) is 54.5 Å². The largest absolute Gasteiger partial charge is 0.298 e. The number of carbonyl (C=O) groups is 3. The summed E-state index contributed by atoms with van der Waals surface area (Å²) in [6, 6.07) is 16.0. The van der Waals surface area contributed by atoms with E-state index in [0.717, 1.165) is 11.2 Å². The molecule has 2 aromatic rings. The van der Waals surface area contributed by atoms with Crippen molar-refractivity contribution in [2.45, 2.75) is 16.6 Å². The Bertz CT molecular complexity index is 730. The molecule has 0 radical (unpaired) electrons. The van der Waals surface area contributed by atoms with Gasteiger partial charge < -0.3 is 0 Å². The number of rotatable bonds is 4. The van der Waals surface area contributed by atoms with Crippen molar-refractivity contribution in [2.24, 2.45) is 0 Å². The smallest absolute Gasteiger partial charge is 0.247 e. The third-order valence-electron chi connectivity index (χ3n) is 3.43. The molecule has 22 heavy (non-hydrogen) atoms. The lowest BCUT2D eigenvalue weighted by atomic mass is 10.2. The third kappa shape index (κ3) is 2.67. The Labute approximate surface area is 132 Å². The number of imide groups is 1. The molecule has 0 N–H and O–H groups in total. The van der Waals surface area contributed by atoms with E-state index >= 15 is 0 Å². The first kappa shape index (κ1) is 14.5. The summed E-state index contributed by atoms with van der Waals surface area (Å²) in [5, 5.41) is -0.492. The molecule has 0 saturated carbocycles. The average Bonchev–Trinajstić information content (AvgIpc) is 2.83. The van der Waals surface area contributed by atoms with Crippen LogP contribution in [-0.4, -0.2) is 23.4 Å². The van der Waals surface area contributed by atoms with Gasteiger partial charge in [0.25, 0.3) is 0 Å². The molecule has 3 rings (SSSR count). The molecule has 2 aromatic carbocycles. The number of carbonyl (C=O) groups excluding carboxylic acids is 3. The number of aldehydes is 1. The van der Waals surface area contributed by atoms with E-state index in [9.17, 15) is 14.4 Å². The molecule has 1 aliphatic heterocycles. The molecule has 1 saturated heterocycles. The van der Waals surface area contributed by atoms with E-state index < -0.39 is 5.25 Å². The van der Waals surface area contributed by atoms with E-state index in [-0.39, 0.29) is 18.2 Å². The number of hydrogen-bond donors (Lipinski definition) is 0. The van der Waals surface area contributed by atoms with Crippen LogP contribution < -0.4 is 4.90 Å². The molecule has 0 bridgehead atoms. The highest BCUT2D eigenvalue weighted by Crippen LogP contribution is 2.34. The Hall–Kier alpha value is -2.40. The molecule has 0 spiro atoms. The monoisotopic (exact) mass is 311 g/mol. The maximum absolute atomic E-state index is 12.5. The Balaban J connectivity index is 1.84. The van der Waals surface area contributed by atoms with Gasteiger partial charge in [-0.25, -0.2) is 4.90 Å². The van der Waals surface area contributed by atoms with E-state index in [1.165, 1.54) is 16.7 Å². The number of nitrogens with zero attached hydrogens (tertiary/aromatic N) is 1. The summed E-state index contributed by atoms with van der Waals surface area (Å²) in [5.41, 5.74) is 1.12. The number of thioether (sulfide) groups is 1. The molecule has 0 aliphatic carbocycles. The van der Waals surface area contributed by atoms with Gasteiger partial charge in [-0.3, -0.25) is 14.4 Å². The highest BCUT2D eigenvalue weighted by Gasteiger charge is 2.40. The van der Waals surface area contributed by atoms with Gasteiger partial charge in [-0.2, -0.15) is 0 Å². The summed E-state index contributed by atoms with van der Waals surface area (Å²) in [6.45, 7) is 0. The van der Waals surface area contributed by atoms with Crippen molar-refractivity contribution < 1.29 is 14.4 Å². The van der Waals surface area contributed by atoms with Gasteiger partial charge in [0, 0.05) is 16.9 Å². The van der Waals surface area contributed by atoms with Gasteiger partial charge in [-0.1, -0.05) is 36.4 Å². The van der Waals surface area contributed by atoms with E-state index in [4.69, 9.17) is 0 Å². The van der Waals surface area contributed by atoms with E-state index in [1.807, 2.05) is 12.1 Å². The number of benzene rings is 2. The van der Waals surface area contributed by atoms with Crippen LogP contribution in [-0.2, 0) is 9.59 Å². The molecule has 110 valence electrons. The molecule has 2 amide bonds. The summed E-state index contributed by atoms with van der Waals surface area (Å²) in [4.78, 5) is 37.7. The molecule has 4 nitrogen and oxygen atoms in total. The van der Waals surface area contributed by atoms with E-state index in [1.54, 1.807) is 42.5 Å².